The van der Waals surface area contributed by atoms with E-state index >= 15 is 0 Å². The zero-order valence-electron chi connectivity index (χ0n) is 48.6. The molecular weight excluding hydrogens is 1120 g/mol. The van der Waals surface area contributed by atoms with Gasteiger partial charge < -0.3 is 5.11 Å². The summed E-state index contributed by atoms with van der Waals surface area (Å²) in [6.45, 7) is 20.0. The average Bonchev–Trinajstić information content (AvgIpc) is 4.34. The van der Waals surface area contributed by atoms with E-state index in [9.17, 15) is 7.85 Å². The van der Waals surface area contributed by atoms with Crippen molar-refractivity contribution in [1.82, 2.24) is 14.5 Å². The molecule has 2 aliphatic carbocycles. The summed E-state index contributed by atoms with van der Waals surface area (Å²) >= 11 is 0. The van der Waals surface area contributed by atoms with E-state index in [-0.39, 0.29) is 43.1 Å². The van der Waals surface area contributed by atoms with Crippen LogP contribution in [0.2, 0.25) is 0 Å². The molecule has 0 saturated heterocycles. The molecule has 9 aromatic rings. The van der Waals surface area contributed by atoms with Gasteiger partial charge in [0.1, 0.15) is 11.6 Å². The van der Waals surface area contributed by atoms with E-state index < -0.39 is 11.8 Å². The fraction of sp³-hybridized carbons (Fsp3) is 0.333. The van der Waals surface area contributed by atoms with E-state index in [1.165, 1.54) is 31.2 Å². The molecule has 0 amide bonds. The second kappa shape index (κ2) is 21.8. The largest absolute Gasteiger partial charge is 0.507 e. The molecule has 11 rings (SSSR count). The van der Waals surface area contributed by atoms with Crippen LogP contribution >= 0.6 is 0 Å². The number of nitrogens with zero attached hydrogens (tertiary/aromatic N) is 3. The first-order valence-electron chi connectivity index (χ1n) is 28.9. The van der Waals surface area contributed by atoms with Crippen LogP contribution in [0.15, 0.2) is 164 Å². The van der Waals surface area contributed by atoms with Crippen molar-refractivity contribution in [3.05, 3.63) is 203 Å². The molecule has 2 fully saturated rings. The standard InChI is InChI=1S/C72H76N3O.Pt/c1-70(2,3)58-42-56(41-57(43-58)64-44-55(37-38-73-64)53-34-32-52(33-35-53)51-30-28-50(29-31-51)49-21-12-10-13-22-49)60-25-18-26-66-67(60)74-69(62-45-59(71(4,5)6)46-63(68(62)76)72(7,8)9)75(66)65-36-27-48(39-47-19-16-17-20-47)40-61(65)54-23-14-11-15-24-54;/h10-15,18,21-27,32-38,40,42-47,50-51,76H,16-17,19-20,28-31,39H2,1-9H3;/q-1;/i50D,51D;. The van der Waals surface area contributed by atoms with Gasteiger partial charge >= 0.3 is 0 Å². The number of aromatic hydroxyl groups is 1. The van der Waals surface area contributed by atoms with Gasteiger partial charge in [0.15, 0.2) is 0 Å². The molecule has 77 heavy (non-hydrogen) atoms. The van der Waals surface area contributed by atoms with Crippen molar-refractivity contribution >= 4 is 11.0 Å². The minimum Gasteiger partial charge on any atom is -0.507 e. The average molecular weight is 1200 g/mol. The predicted octanol–water partition coefficient (Wildman–Crippen LogP) is 19.3. The molecule has 1 N–H and O–H groups in total. The Balaban J connectivity index is 0.00000704. The molecule has 5 heteroatoms. The topological polar surface area (TPSA) is 50.9 Å². The SMILES string of the molecule is [2H]C1(c2ccccc2)CCC([2H])(c2ccc(-c3ccnc(-c4[c-]c(-c5cccc6c5nc(-c5cc(C(C)(C)C)cc(C(C)(C)C)c5O)n6-c5ccc(CC6CCCC6)cc5-c5ccccc5)cc(C(C)(C)C)c4)c3)cc2)CC1.[Pt]. The van der Waals surface area contributed by atoms with Crippen LogP contribution in [0.5, 0.6) is 5.75 Å². The Bertz CT molecular complexity index is 3640. The maximum atomic E-state index is 12.7. The molecule has 0 atom stereocenters. The Morgan fingerprint density at radius 2 is 1.18 bits per heavy atom. The Labute approximate surface area is 476 Å². The van der Waals surface area contributed by atoms with Gasteiger partial charge in [0, 0.05) is 46.8 Å². The minimum atomic E-state index is -0.727. The molecule has 0 bridgehead atoms. The van der Waals surface area contributed by atoms with Gasteiger partial charge in [-0.25, -0.2) is 4.98 Å². The molecule has 0 unspecified atom stereocenters. The summed E-state index contributed by atoms with van der Waals surface area (Å²) in [5, 5.41) is 12.7. The summed E-state index contributed by atoms with van der Waals surface area (Å²) in [4.78, 5) is 10.8. The fourth-order valence-corrected chi connectivity index (χ4v) is 11.9. The molecule has 2 aromatic heterocycles. The number of pyridine rings is 1. The summed E-state index contributed by atoms with van der Waals surface area (Å²) in [6, 6.07) is 60.0. The summed E-state index contributed by atoms with van der Waals surface area (Å²) < 4.78 is 21.2. The van der Waals surface area contributed by atoms with E-state index in [1.54, 1.807) is 0 Å². The van der Waals surface area contributed by atoms with Crippen LogP contribution in [0.3, 0.4) is 0 Å². The van der Waals surface area contributed by atoms with Crippen LogP contribution in [-0.2, 0) is 43.7 Å². The molecule has 2 aliphatic rings. The van der Waals surface area contributed by atoms with Crippen LogP contribution < -0.4 is 0 Å². The maximum absolute atomic E-state index is 12.7. The van der Waals surface area contributed by atoms with Crippen molar-refractivity contribution in [1.29, 1.82) is 0 Å². The van der Waals surface area contributed by atoms with Crippen molar-refractivity contribution in [3.8, 4) is 67.5 Å². The van der Waals surface area contributed by atoms with E-state index in [0.29, 0.717) is 43.0 Å². The summed E-state index contributed by atoms with van der Waals surface area (Å²) in [5.41, 5.74) is 17.3. The fourth-order valence-electron chi connectivity index (χ4n) is 11.9. The quantitative estimate of drug-likeness (QED) is 0.139. The van der Waals surface area contributed by atoms with Crippen LogP contribution in [0.25, 0.3) is 72.7 Å². The number of phenols is 1. The van der Waals surface area contributed by atoms with E-state index in [2.05, 4.69) is 212 Å². The van der Waals surface area contributed by atoms with Crippen LogP contribution in [0.1, 0.15) is 162 Å². The molecule has 2 heterocycles. The molecule has 0 aliphatic heterocycles. The van der Waals surface area contributed by atoms with E-state index in [1.807, 2.05) is 24.4 Å². The maximum Gasteiger partial charge on any atom is 0.148 e. The first-order valence-corrected chi connectivity index (χ1v) is 27.9. The van der Waals surface area contributed by atoms with Crippen LogP contribution in [0.4, 0.5) is 0 Å². The van der Waals surface area contributed by atoms with Gasteiger partial charge in [-0.1, -0.05) is 214 Å². The number of phenolic OH excluding ortho intramolecular Hbond substituents is 1. The van der Waals surface area contributed by atoms with Gasteiger partial charge in [-0.3, -0.25) is 9.55 Å². The smallest absolute Gasteiger partial charge is 0.148 e. The summed E-state index contributed by atoms with van der Waals surface area (Å²) in [7, 11) is 0. The molecular formula is C72H76N3OPt-. The van der Waals surface area contributed by atoms with Gasteiger partial charge in [-0.15, -0.1) is 29.3 Å². The Hall–Kier alpha value is -6.35. The molecule has 2 saturated carbocycles. The number of benzene rings is 7. The van der Waals surface area contributed by atoms with Gasteiger partial charge in [0.05, 0.1) is 22.3 Å². The number of hydrogen-bond acceptors (Lipinski definition) is 3. The van der Waals surface area contributed by atoms with Gasteiger partial charge in [-0.2, -0.15) is 0 Å². The normalized spacial score (nSPS) is 18.7. The second-order valence-corrected chi connectivity index (χ2v) is 25.0. The van der Waals surface area contributed by atoms with E-state index in [0.717, 1.165) is 95.6 Å². The van der Waals surface area contributed by atoms with Crippen LogP contribution in [0, 0.1) is 12.0 Å². The Kier molecular flexibility index (Phi) is 14.6. The number of para-hydroxylation sites is 1. The minimum absolute atomic E-state index is 0. The Morgan fingerprint density at radius 3 is 1.83 bits per heavy atom. The molecule has 7 aromatic carbocycles. The second-order valence-electron chi connectivity index (χ2n) is 25.0. The summed E-state index contributed by atoms with van der Waals surface area (Å²) in [5.74, 6) is 0.268. The zero-order chi connectivity index (χ0) is 54.8. The molecule has 0 radical (unpaired) electrons. The van der Waals surface area contributed by atoms with Gasteiger partial charge in [-0.05, 0) is 135 Å². The monoisotopic (exact) mass is 1200 g/mol. The van der Waals surface area contributed by atoms with Crippen molar-refractivity contribution in [2.24, 2.45) is 5.92 Å². The van der Waals surface area contributed by atoms with Gasteiger partial charge in [0.25, 0.3) is 0 Å². The van der Waals surface area contributed by atoms with Crippen LogP contribution in [-0.4, -0.2) is 19.6 Å². The van der Waals surface area contributed by atoms with E-state index in [4.69, 9.17) is 9.97 Å². The zero-order valence-corrected chi connectivity index (χ0v) is 48.9. The Morgan fingerprint density at radius 1 is 0.558 bits per heavy atom. The third-order valence-electron chi connectivity index (χ3n) is 16.4. The molecule has 4 nitrogen and oxygen atoms in total. The van der Waals surface area contributed by atoms with Gasteiger partial charge in [0.2, 0.25) is 0 Å². The number of fused-ring (bicyclic) bond motifs is 1. The third-order valence-corrected chi connectivity index (χ3v) is 16.4. The first kappa shape index (κ1) is 51.4. The number of hydrogen-bond donors (Lipinski definition) is 1. The number of imidazole rings is 1. The van der Waals surface area contributed by atoms with Crippen molar-refractivity contribution < 1.29 is 28.9 Å². The van der Waals surface area contributed by atoms with Crippen molar-refractivity contribution in [2.45, 2.75) is 148 Å². The number of rotatable bonds is 10. The van der Waals surface area contributed by atoms with Crippen molar-refractivity contribution in [3.63, 3.8) is 0 Å². The number of aromatic nitrogens is 3. The van der Waals surface area contributed by atoms with Crippen molar-refractivity contribution in [2.75, 3.05) is 0 Å². The third kappa shape index (κ3) is 11.3. The first-order chi connectivity index (χ1) is 37.1. The molecule has 396 valence electrons. The predicted molar refractivity (Wildman–Crippen MR) is 319 cm³/mol. The molecule has 0 spiro atoms. The summed E-state index contributed by atoms with van der Waals surface area (Å²) in [6.07, 6.45) is 10.8.